The molecule has 7 nitrogen and oxygen atoms in total. The first-order valence-corrected chi connectivity index (χ1v) is 6.76. The molecule has 1 unspecified atom stereocenters. The van der Waals surface area contributed by atoms with Gasteiger partial charge in [0.1, 0.15) is 17.5 Å². The van der Waals surface area contributed by atoms with Gasteiger partial charge in [0.15, 0.2) is 6.61 Å². The second-order valence-electron chi connectivity index (χ2n) is 4.66. The predicted molar refractivity (Wildman–Crippen MR) is 79.3 cm³/mol. The molecular formula is C15H21NO6. The highest BCUT2D eigenvalue weighted by atomic mass is 16.5. The van der Waals surface area contributed by atoms with Gasteiger partial charge in [-0.3, -0.25) is 4.79 Å². The molecule has 0 bridgehead atoms. The van der Waals surface area contributed by atoms with E-state index >= 15 is 0 Å². The van der Waals surface area contributed by atoms with E-state index < -0.39 is 17.9 Å². The van der Waals surface area contributed by atoms with Crippen molar-refractivity contribution in [1.82, 2.24) is 5.32 Å². The van der Waals surface area contributed by atoms with Crippen molar-refractivity contribution >= 4 is 11.9 Å². The lowest BCUT2D eigenvalue weighted by Gasteiger charge is -2.14. The van der Waals surface area contributed by atoms with E-state index in [1.807, 2.05) is 6.92 Å². The van der Waals surface area contributed by atoms with Crippen molar-refractivity contribution in [2.45, 2.75) is 19.4 Å². The quantitative estimate of drug-likeness (QED) is 0.706. The normalized spacial score (nSPS) is 11.6. The first-order valence-electron chi connectivity index (χ1n) is 6.76. The van der Waals surface area contributed by atoms with Crippen LogP contribution in [0, 0.1) is 6.92 Å². The van der Waals surface area contributed by atoms with E-state index in [4.69, 9.17) is 19.3 Å². The van der Waals surface area contributed by atoms with E-state index in [1.165, 1.54) is 7.11 Å². The number of amides is 1. The number of aliphatic carboxylic acids is 1. The number of carbonyl (C=O) groups is 2. The highest BCUT2D eigenvalue weighted by molar-refractivity contribution is 5.84. The molecule has 0 aliphatic carbocycles. The van der Waals surface area contributed by atoms with Crippen molar-refractivity contribution in [3.63, 3.8) is 0 Å². The van der Waals surface area contributed by atoms with Crippen molar-refractivity contribution in [3.05, 3.63) is 23.8 Å². The minimum absolute atomic E-state index is 0.194. The Balaban J connectivity index is 2.51. The average Bonchev–Trinajstić information content (AvgIpc) is 2.49. The Hall–Kier alpha value is -2.28. The summed E-state index contributed by atoms with van der Waals surface area (Å²) in [5.74, 6) is -0.373. The van der Waals surface area contributed by atoms with E-state index in [2.05, 4.69) is 5.32 Å². The Labute approximate surface area is 129 Å². The number of methoxy groups -OCH3 is 2. The van der Waals surface area contributed by atoms with Gasteiger partial charge in [-0.25, -0.2) is 4.79 Å². The molecule has 0 aliphatic rings. The van der Waals surface area contributed by atoms with E-state index in [1.54, 1.807) is 25.3 Å². The van der Waals surface area contributed by atoms with Crippen LogP contribution in [0.15, 0.2) is 18.2 Å². The fourth-order valence-corrected chi connectivity index (χ4v) is 1.82. The molecular weight excluding hydrogens is 290 g/mol. The first-order chi connectivity index (χ1) is 10.5. The fraction of sp³-hybridized carbons (Fsp3) is 0.467. The summed E-state index contributed by atoms with van der Waals surface area (Å²) in [6.45, 7) is 1.84. The minimum atomic E-state index is -1.11. The molecule has 1 aromatic rings. The molecule has 1 aromatic carbocycles. The molecule has 7 heteroatoms. The van der Waals surface area contributed by atoms with E-state index in [-0.39, 0.29) is 19.6 Å². The highest BCUT2D eigenvalue weighted by Gasteiger charge is 2.19. The Morgan fingerprint density at radius 3 is 2.59 bits per heavy atom. The van der Waals surface area contributed by atoms with Crippen LogP contribution in [0.5, 0.6) is 11.5 Å². The molecule has 0 saturated heterocycles. The molecule has 0 saturated carbocycles. The summed E-state index contributed by atoms with van der Waals surface area (Å²) >= 11 is 0. The fourth-order valence-electron chi connectivity index (χ4n) is 1.82. The lowest BCUT2D eigenvalue weighted by atomic mass is 10.2. The maximum Gasteiger partial charge on any atom is 0.326 e. The Kier molecular flexibility index (Phi) is 7.18. The number of hydrogen-bond acceptors (Lipinski definition) is 5. The van der Waals surface area contributed by atoms with Crippen LogP contribution in [0.4, 0.5) is 0 Å². The van der Waals surface area contributed by atoms with Crippen molar-refractivity contribution in [1.29, 1.82) is 0 Å². The molecule has 122 valence electrons. The van der Waals surface area contributed by atoms with Gasteiger partial charge in [0.25, 0.3) is 5.91 Å². The third-order valence-corrected chi connectivity index (χ3v) is 2.98. The first kappa shape index (κ1) is 17.8. The molecule has 0 aromatic heterocycles. The number of carboxylic acids is 1. The van der Waals surface area contributed by atoms with Gasteiger partial charge in [-0.05, 0) is 30.7 Å². The summed E-state index contributed by atoms with van der Waals surface area (Å²) in [4.78, 5) is 22.7. The van der Waals surface area contributed by atoms with Crippen LogP contribution in [0.1, 0.15) is 12.0 Å². The smallest absolute Gasteiger partial charge is 0.326 e. The van der Waals surface area contributed by atoms with E-state index in [0.29, 0.717) is 5.75 Å². The Bertz CT molecular complexity index is 517. The maximum atomic E-state index is 11.7. The van der Waals surface area contributed by atoms with Gasteiger partial charge in [-0.1, -0.05) is 0 Å². The second kappa shape index (κ2) is 8.89. The third-order valence-electron chi connectivity index (χ3n) is 2.98. The van der Waals surface area contributed by atoms with Gasteiger partial charge in [0, 0.05) is 20.1 Å². The van der Waals surface area contributed by atoms with Crippen LogP contribution < -0.4 is 14.8 Å². The van der Waals surface area contributed by atoms with E-state index in [0.717, 1.165) is 11.3 Å². The number of hydrogen-bond donors (Lipinski definition) is 2. The van der Waals surface area contributed by atoms with Crippen molar-refractivity contribution < 1.29 is 28.9 Å². The monoisotopic (exact) mass is 311 g/mol. The summed E-state index contributed by atoms with van der Waals surface area (Å²) in [6.07, 6.45) is 0.194. The van der Waals surface area contributed by atoms with Gasteiger partial charge >= 0.3 is 5.97 Å². The number of nitrogens with one attached hydrogen (secondary N) is 1. The molecule has 1 amide bonds. The van der Waals surface area contributed by atoms with Crippen LogP contribution >= 0.6 is 0 Å². The number of benzene rings is 1. The summed E-state index contributed by atoms with van der Waals surface area (Å²) in [6, 6.07) is 4.17. The van der Waals surface area contributed by atoms with Crippen LogP contribution in [0.2, 0.25) is 0 Å². The van der Waals surface area contributed by atoms with Gasteiger partial charge < -0.3 is 24.6 Å². The molecule has 2 N–H and O–H groups in total. The molecule has 1 rings (SSSR count). The molecule has 0 fully saturated rings. The van der Waals surface area contributed by atoms with Crippen molar-refractivity contribution in [3.8, 4) is 11.5 Å². The zero-order valence-corrected chi connectivity index (χ0v) is 12.9. The summed E-state index contributed by atoms with van der Waals surface area (Å²) in [7, 11) is 3.04. The standard InChI is InChI=1S/C15H21NO6/c1-10-8-11(4-5-13(10)21-3)22-9-14(17)16-12(15(18)19)6-7-20-2/h4-5,8,12H,6-7,9H2,1-3H3,(H,16,17)(H,18,19). The number of rotatable bonds is 9. The molecule has 0 spiro atoms. The zero-order chi connectivity index (χ0) is 16.5. The lowest BCUT2D eigenvalue weighted by molar-refractivity contribution is -0.142. The average molecular weight is 311 g/mol. The number of carboxylic acid groups (broad SMARTS) is 1. The molecule has 22 heavy (non-hydrogen) atoms. The lowest BCUT2D eigenvalue weighted by Crippen LogP contribution is -2.43. The highest BCUT2D eigenvalue weighted by Crippen LogP contribution is 2.22. The van der Waals surface area contributed by atoms with Gasteiger partial charge in [-0.2, -0.15) is 0 Å². The van der Waals surface area contributed by atoms with Crippen LogP contribution in [0.25, 0.3) is 0 Å². The van der Waals surface area contributed by atoms with Gasteiger partial charge in [-0.15, -0.1) is 0 Å². The predicted octanol–water partition coefficient (Wildman–Crippen LogP) is 0.988. The van der Waals surface area contributed by atoms with Crippen LogP contribution in [0.3, 0.4) is 0 Å². The SMILES string of the molecule is COCCC(NC(=O)COc1ccc(OC)c(C)c1)C(=O)O. The van der Waals surface area contributed by atoms with E-state index in [9.17, 15) is 9.59 Å². The molecule has 0 aliphatic heterocycles. The molecule has 0 heterocycles. The minimum Gasteiger partial charge on any atom is -0.496 e. The molecule has 1 atom stereocenters. The topological polar surface area (TPSA) is 94.1 Å². The van der Waals surface area contributed by atoms with Crippen LogP contribution in [-0.2, 0) is 14.3 Å². The van der Waals surface area contributed by atoms with Gasteiger partial charge in [0.2, 0.25) is 0 Å². The largest absolute Gasteiger partial charge is 0.496 e. The second-order valence-corrected chi connectivity index (χ2v) is 4.66. The summed E-state index contributed by atoms with van der Waals surface area (Å²) < 4.78 is 15.3. The Morgan fingerprint density at radius 1 is 1.32 bits per heavy atom. The summed E-state index contributed by atoms with van der Waals surface area (Å²) in [5, 5.41) is 11.4. The van der Waals surface area contributed by atoms with Crippen LogP contribution in [-0.4, -0.2) is 50.5 Å². The van der Waals surface area contributed by atoms with Crippen molar-refractivity contribution in [2.24, 2.45) is 0 Å². The summed E-state index contributed by atoms with van der Waals surface area (Å²) in [5.41, 5.74) is 0.879. The number of aryl methyl sites for hydroxylation is 1. The van der Waals surface area contributed by atoms with Crippen molar-refractivity contribution in [2.75, 3.05) is 27.4 Å². The number of ether oxygens (including phenoxy) is 3. The van der Waals surface area contributed by atoms with Gasteiger partial charge in [0.05, 0.1) is 7.11 Å². The molecule has 0 radical (unpaired) electrons. The number of carbonyl (C=O) groups excluding carboxylic acids is 1. The Morgan fingerprint density at radius 2 is 2.05 bits per heavy atom. The zero-order valence-electron chi connectivity index (χ0n) is 12.9. The maximum absolute atomic E-state index is 11.7. The third kappa shape index (κ3) is 5.61.